The van der Waals surface area contributed by atoms with Crippen molar-refractivity contribution in [2.75, 3.05) is 30.3 Å². The standard InChI is InChI=1S/C15H20N4O/c1-2-9-17-15-18-10-8-14(19-15)16-11-12-20-13-6-4-3-5-7-13/h3-8,10H,2,9,11-12H2,1H3,(H2,16,17,18,19). The second-order valence-electron chi connectivity index (χ2n) is 4.28. The van der Waals surface area contributed by atoms with Crippen molar-refractivity contribution in [1.82, 2.24) is 9.97 Å². The molecule has 1 aromatic heterocycles. The van der Waals surface area contributed by atoms with Gasteiger partial charge in [-0.15, -0.1) is 0 Å². The number of ether oxygens (including phenoxy) is 1. The maximum Gasteiger partial charge on any atom is 0.224 e. The van der Waals surface area contributed by atoms with Crippen molar-refractivity contribution in [2.45, 2.75) is 13.3 Å². The van der Waals surface area contributed by atoms with Gasteiger partial charge in [-0.25, -0.2) is 4.98 Å². The van der Waals surface area contributed by atoms with Crippen LogP contribution in [0.25, 0.3) is 0 Å². The van der Waals surface area contributed by atoms with E-state index in [4.69, 9.17) is 4.74 Å². The van der Waals surface area contributed by atoms with E-state index < -0.39 is 0 Å². The Bertz CT molecular complexity index is 504. The van der Waals surface area contributed by atoms with Gasteiger partial charge in [-0.3, -0.25) is 0 Å². The van der Waals surface area contributed by atoms with Gasteiger partial charge in [0, 0.05) is 12.7 Å². The molecule has 5 heteroatoms. The Labute approximate surface area is 119 Å². The Morgan fingerprint density at radius 2 is 1.90 bits per heavy atom. The first-order valence-electron chi connectivity index (χ1n) is 6.87. The van der Waals surface area contributed by atoms with Crippen molar-refractivity contribution in [2.24, 2.45) is 0 Å². The van der Waals surface area contributed by atoms with E-state index in [2.05, 4.69) is 27.5 Å². The molecule has 0 aliphatic heterocycles. The predicted molar refractivity (Wildman–Crippen MR) is 81.2 cm³/mol. The zero-order valence-corrected chi connectivity index (χ0v) is 11.7. The van der Waals surface area contributed by atoms with Crippen molar-refractivity contribution in [3.63, 3.8) is 0 Å². The molecule has 0 bridgehead atoms. The van der Waals surface area contributed by atoms with Gasteiger partial charge in [-0.2, -0.15) is 4.98 Å². The molecule has 0 saturated heterocycles. The molecule has 5 nitrogen and oxygen atoms in total. The Balaban J connectivity index is 1.73. The molecular formula is C15H20N4O. The highest BCUT2D eigenvalue weighted by atomic mass is 16.5. The van der Waals surface area contributed by atoms with Gasteiger partial charge in [0.25, 0.3) is 0 Å². The lowest BCUT2D eigenvalue weighted by Gasteiger charge is -2.09. The van der Waals surface area contributed by atoms with E-state index in [1.165, 1.54) is 0 Å². The number of anilines is 2. The highest BCUT2D eigenvalue weighted by molar-refractivity contribution is 5.39. The van der Waals surface area contributed by atoms with Crippen molar-refractivity contribution in [3.8, 4) is 5.75 Å². The topological polar surface area (TPSA) is 59.1 Å². The van der Waals surface area contributed by atoms with Crippen LogP contribution < -0.4 is 15.4 Å². The van der Waals surface area contributed by atoms with Crippen LogP contribution in [0, 0.1) is 0 Å². The second-order valence-corrected chi connectivity index (χ2v) is 4.28. The molecule has 2 aromatic rings. The Kier molecular flexibility index (Phi) is 5.64. The molecule has 1 heterocycles. The van der Waals surface area contributed by atoms with Gasteiger partial charge in [0.2, 0.25) is 5.95 Å². The largest absolute Gasteiger partial charge is 0.492 e. The van der Waals surface area contributed by atoms with Gasteiger partial charge >= 0.3 is 0 Å². The van der Waals surface area contributed by atoms with Gasteiger partial charge in [0.15, 0.2) is 0 Å². The Hall–Kier alpha value is -2.30. The maximum absolute atomic E-state index is 5.60. The van der Waals surface area contributed by atoms with Crippen LogP contribution in [0.1, 0.15) is 13.3 Å². The van der Waals surface area contributed by atoms with Crippen LogP contribution in [0.2, 0.25) is 0 Å². The molecule has 0 aliphatic rings. The van der Waals surface area contributed by atoms with E-state index in [-0.39, 0.29) is 0 Å². The Morgan fingerprint density at radius 3 is 2.70 bits per heavy atom. The summed E-state index contributed by atoms with van der Waals surface area (Å²) in [6.45, 7) is 4.27. The lowest BCUT2D eigenvalue weighted by atomic mass is 10.3. The Morgan fingerprint density at radius 1 is 1.05 bits per heavy atom. The van der Waals surface area contributed by atoms with Crippen LogP contribution in [-0.2, 0) is 0 Å². The van der Waals surface area contributed by atoms with Gasteiger partial charge in [0.05, 0.1) is 6.54 Å². The molecule has 2 rings (SSSR count). The molecule has 2 N–H and O–H groups in total. The van der Waals surface area contributed by atoms with Gasteiger partial charge in [-0.1, -0.05) is 25.1 Å². The number of hydrogen-bond donors (Lipinski definition) is 2. The average molecular weight is 272 g/mol. The summed E-state index contributed by atoms with van der Waals surface area (Å²) in [5.41, 5.74) is 0. The second kappa shape index (κ2) is 7.99. The fraction of sp³-hybridized carbons (Fsp3) is 0.333. The van der Waals surface area contributed by atoms with E-state index in [1.54, 1.807) is 6.20 Å². The molecular weight excluding hydrogens is 252 g/mol. The van der Waals surface area contributed by atoms with Crippen molar-refractivity contribution in [3.05, 3.63) is 42.6 Å². The average Bonchev–Trinajstić information content (AvgIpc) is 2.51. The molecule has 0 radical (unpaired) electrons. The third kappa shape index (κ3) is 4.76. The SMILES string of the molecule is CCCNc1nccc(NCCOc2ccccc2)n1. The summed E-state index contributed by atoms with van der Waals surface area (Å²) in [6.07, 6.45) is 2.79. The minimum atomic E-state index is 0.589. The normalized spacial score (nSPS) is 10.1. The molecule has 0 amide bonds. The summed E-state index contributed by atoms with van der Waals surface area (Å²) in [6, 6.07) is 11.6. The van der Waals surface area contributed by atoms with Crippen molar-refractivity contribution in [1.29, 1.82) is 0 Å². The van der Waals surface area contributed by atoms with Crippen LogP contribution in [0.5, 0.6) is 5.75 Å². The smallest absolute Gasteiger partial charge is 0.224 e. The summed E-state index contributed by atoms with van der Waals surface area (Å²) in [5, 5.41) is 6.37. The van der Waals surface area contributed by atoms with E-state index >= 15 is 0 Å². The monoisotopic (exact) mass is 272 g/mol. The number of hydrogen-bond acceptors (Lipinski definition) is 5. The molecule has 0 saturated carbocycles. The summed E-state index contributed by atoms with van der Waals surface area (Å²) in [4.78, 5) is 8.53. The molecule has 0 unspecified atom stereocenters. The van der Waals surface area contributed by atoms with Gasteiger partial charge in [0.1, 0.15) is 18.2 Å². The van der Waals surface area contributed by atoms with Gasteiger partial charge in [-0.05, 0) is 24.6 Å². The van der Waals surface area contributed by atoms with Crippen LogP contribution in [0.15, 0.2) is 42.6 Å². The van der Waals surface area contributed by atoms with Crippen LogP contribution in [0.3, 0.4) is 0 Å². The predicted octanol–water partition coefficient (Wildman–Crippen LogP) is 2.79. The maximum atomic E-state index is 5.60. The van der Waals surface area contributed by atoms with E-state index in [9.17, 15) is 0 Å². The molecule has 20 heavy (non-hydrogen) atoms. The minimum absolute atomic E-state index is 0.589. The van der Waals surface area contributed by atoms with Crippen molar-refractivity contribution >= 4 is 11.8 Å². The fourth-order valence-corrected chi connectivity index (χ4v) is 1.64. The molecule has 106 valence electrons. The van der Waals surface area contributed by atoms with Crippen LogP contribution in [0.4, 0.5) is 11.8 Å². The zero-order valence-electron chi connectivity index (χ0n) is 11.7. The number of rotatable bonds is 8. The number of benzene rings is 1. The minimum Gasteiger partial charge on any atom is -0.492 e. The van der Waals surface area contributed by atoms with E-state index in [1.807, 2.05) is 36.4 Å². The molecule has 1 aromatic carbocycles. The van der Waals surface area contributed by atoms with E-state index in [0.29, 0.717) is 19.1 Å². The molecule has 0 fully saturated rings. The quantitative estimate of drug-likeness (QED) is 0.724. The number of nitrogens with one attached hydrogen (secondary N) is 2. The van der Waals surface area contributed by atoms with Crippen LogP contribution >= 0.6 is 0 Å². The number of nitrogens with zero attached hydrogens (tertiary/aromatic N) is 2. The highest BCUT2D eigenvalue weighted by Gasteiger charge is 1.98. The van der Waals surface area contributed by atoms with E-state index in [0.717, 1.165) is 24.5 Å². The lowest BCUT2D eigenvalue weighted by Crippen LogP contribution is -2.13. The molecule has 0 aliphatic carbocycles. The number of para-hydroxylation sites is 1. The number of aromatic nitrogens is 2. The first kappa shape index (κ1) is 14.1. The third-order valence-electron chi connectivity index (χ3n) is 2.61. The zero-order chi connectivity index (χ0) is 14.0. The first-order chi connectivity index (χ1) is 9.88. The highest BCUT2D eigenvalue weighted by Crippen LogP contribution is 2.08. The summed E-state index contributed by atoms with van der Waals surface area (Å²) in [7, 11) is 0. The van der Waals surface area contributed by atoms with Crippen LogP contribution in [-0.4, -0.2) is 29.7 Å². The molecule has 0 atom stereocenters. The summed E-state index contributed by atoms with van der Waals surface area (Å²) < 4.78 is 5.60. The lowest BCUT2D eigenvalue weighted by molar-refractivity contribution is 0.333. The summed E-state index contributed by atoms with van der Waals surface area (Å²) in [5.74, 6) is 2.33. The van der Waals surface area contributed by atoms with Gasteiger partial charge < -0.3 is 15.4 Å². The first-order valence-corrected chi connectivity index (χ1v) is 6.87. The fourth-order valence-electron chi connectivity index (χ4n) is 1.64. The third-order valence-corrected chi connectivity index (χ3v) is 2.61. The van der Waals surface area contributed by atoms with Crippen molar-refractivity contribution < 1.29 is 4.74 Å². The molecule has 0 spiro atoms. The summed E-state index contributed by atoms with van der Waals surface area (Å²) >= 11 is 0.